The summed E-state index contributed by atoms with van der Waals surface area (Å²) in [5.41, 5.74) is 3.86. The normalized spacial score (nSPS) is 13.0. The van der Waals surface area contributed by atoms with Gasteiger partial charge in [0.25, 0.3) is 0 Å². The molecule has 0 unspecified atom stereocenters. The topological polar surface area (TPSA) is 20.2 Å². The van der Waals surface area contributed by atoms with E-state index in [1.807, 2.05) is 13.0 Å². The summed E-state index contributed by atoms with van der Waals surface area (Å²) in [5, 5.41) is 9.22. The highest BCUT2D eigenvalue weighted by molar-refractivity contribution is 5.33. The van der Waals surface area contributed by atoms with E-state index in [1.165, 1.54) is 16.7 Å². The van der Waals surface area contributed by atoms with Gasteiger partial charge in [-0.05, 0) is 43.9 Å². The molecular weight excluding hydrogens is 148 g/mol. The van der Waals surface area contributed by atoms with Crippen LogP contribution in [0, 0.1) is 13.8 Å². The number of aliphatic hydroxyl groups is 1. The van der Waals surface area contributed by atoms with Gasteiger partial charge in [-0.2, -0.15) is 0 Å². The second-order valence-corrected chi connectivity index (χ2v) is 3.41. The fraction of sp³-hybridized carbons (Fsp3) is 0.455. The predicted molar refractivity (Wildman–Crippen MR) is 51.3 cm³/mol. The molecule has 0 bridgehead atoms. The van der Waals surface area contributed by atoms with Gasteiger partial charge in [0.15, 0.2) is 0 Å². The maximum absolute atomic E-state index is 9.22. The van der Waals surface area contributed by atoms with Crippen molar-refractivity contribution in [3.63, 3.8) is 0 Å². The van der Waals surface area contributed by atoms with Gasteiger partial charge in [-0.1, -0.05) is 18.2 Å². The van der Waals surface area contributed by atoms with Crippen LogP contribution in [0.3, 0.4) is 0 Å². The molecule has 0 aromatic heterocycles. The average molecular weight is 164 g/mol. The third-order valence-electron chi connectivity index (χ3n) is 2.23. The molecule has 1 rings (SSSR count). The molecule has 1 aromatic rings. The molecule has 0 heterocycles. The van der Waals surface area contributed by atoms with Gasteiger partial charge < -0.3 is 5.11 Å². The van der Waals surface area contributed by atoms with E-state index in [4.69, 9.17) is 0 Å². The zero-order valence-electron chi connectivity index (χ0n) is 7.96. The standard InChI is InChI=1S/C11H16O/c1-8-5-4-6-11(10(8)3)7-9(2)12/h4-6,9,12H,7H2,1-3H3/t9-/m0/s1. The van der Waals surface area contributed by atoms with E-state index < -0.39 is 0 Å². The van der Waals surface area contributed by atoms with Crippen molar-refractivity contribution in [2.45, 2.75) is 33.3 Å². The van der Waals surface area contributed by atoms with E-state index in [-0.39, 0.29) is 6.10 Å². The summed E-state index contributed by atoms with van der Waals surface area (Å²) >= 11 is 0. The van der Waals surface area contributed by atoms with Gasteiger partial charge in [0.2, 0.25) is 0 Å². The summed E-state index contributed by atoms with van der Waals surface area (Å²) < 4.78 is 0. The number of aliphatic hydroxyl groups excluding tert-OH is 1. The van der Waals surface area contributed by atoms with Gasteiger partial charge in [0.05, 0.1) is 6.10 Å². The Morgan fingerprint density at radius 1 is 1.33 bits per heavy atom. The first-order valence-corrected chi connectivity index (χ1v) is 4.34. The van der Waals surface area contributed by atoms with Gasteiger partial charge in [0, 0.05) is 0 Å². The van der Waals surface area contributed by atoms with E-state index in [0.717, 1.165) is 6.42 Å². The fourth-order valence-corrected chi connectivity index (χ4v) is 1.35. The van der Waals surface area contributed by atoms with E-state index in [1.54, 1.807) is 0 Å². The second-order valence-electron chi connectivity index (χ2n) is 3.41. The summed E-state index contributed by atoms with van der Waals surface area (Å²) in [6.45, 7) is 6.02. The van der Waals surface area contributed by atoms with Crippen molar-refractivity contribution in [2.24, 2.45) is 0 Å². The number of hydrogen-bond donors (Lipinski definition) is 1. The molecule has 0 fully saturated rings. The highest BCUT2D eigenvalue weighted by Gasteiger charge is 2.03. The van der Waals surface area contributed by atoms with Crippen LogP contribution >= 0.6 is 0 Å². The van der Waals surface area contributed by atoms with Crippen molar-refractivity contribution in [3.05, 3.63) is 34.9 Å². The minimum absolute atomic E-state index is 0.245. The number of aryl methyl sites for hydroxylation is 1. The van der Waals surface area contributed by atoms with Crippen LogP contribution in [0.15, 0.2) is 18.2 Å². The smallest absolute Gasteiger partial charge is 0.0552 e. The molecule has 0 radical (unpaired) electrons. The molecule has 1 heteroatoms. The zero-order chi connectivity index (χ0) is 9.14. The van der Waals surface area contributed by atoms with E-state index in [2.05, 4.69) is 26.0 Å². The van der Waals surface area contributed by atoms with Crippen LogP contribution in [0.1, 0.15) is 23.6 Å². The van der Waals surface area contributed by atoms with E-state index in [9.17, 15) is 5.11 Å². The van der Waals surface area contributed by atoms with Crippen molar-refractivity contribution in [3.8, 4) is 0 Å². The highest BCUT2D eigenvalue weighted by Crippen LogP contribution is 2.14. The Morgan fingerprint density at radius 2 is 2.00 bits per heavy atom. The maximum atomic E-state index is 9.22. The zero-order valence-corrected chi connectivity index (χ0v) is 7.96. The summed E-state index contributed by atoms with van der Waals surface area (Å²) in [6, 6.07) is 6.22. The first-order valence-electron chi connectivity index (χ1n) is 4.34. The Labute approximate surface area is 74.1 Å². The van der Waals surface area contributed by atoms with E-state index >= 15 is 0 Å². The van der Waals surface area contributed by atoms with Crippen LogP contribution in [0.4, 0.5) is 0 Å². The van der Waals surface area contributed by atoms with Crippen molar-refractivity contribution in [1.29, 1.82) is 0 Å². The van der Waals surface area contributed by atoms with Gasteiger partial charge in [-0.3, -0.25) is 0 Å². The fourth-order valence-electron chi connectivity index (χ4n) is 1.35. The first kappa shape index (κ1) is 9.27. The third kappa shape index (κ3) is 2.08. The van der Waals surface area contributed by atoms with Crippen molar-refractivity contribution < 1.29 is 5.11 Å². The molecule has 1 atom stereocenters. The molecule has 0 spiro atoms. The van der Waals surface area contributed by atoms with Crippen LogP contribution in [0.2, 0.25) is 0 Å². The molecule has 1 N–H and O–H groups in total. The second kappa shape index (κ2) is 3.72. The molecule has 0 aliphatic carbocycles. The van der Waals surface area contributed by atoms with Gasteiger partial charge in [0.1, 0.15) is 0 Å². The average Bonchev–Trinajstić information content (AvgIpc) is 1.98. The lowest BCUT2D eigenvalue weighted by atomic mass is 9.99. The molecule has 12 heavy (non-hydrogen) atoms. The van der Waals surface area contributed by atoms with Crippen molar-refractivity contribution >= 4 is 0 Å². The molecule has 0 amide bonds. The Morgan fingerprint density at radius 3 is 2.58 bits per heavy atom. The minimum Gasteiger partial charge on any atom is -0.393 e. The summed E-state index contributed by atoms with van der Waals surface area (Å²) in [5.74, 6) is 0. The minimum atomic E-state index is -0.245. The number of benzene rings is 1. The lowest BCUT2D eigenvalue weighted by Crippen LogP contribution is -2.06. The van der Waals surface area contributed by atoms with Crippen LogP contribution in [-0.4, -0.2) is 11.2 Å². The first-order chi connectivity index (χ1) is 5.61. The molecule has 0 saturated heterocycles. The van der Waals surface area contributed by atoms with Crippen LogP contribution < -0.4 is 0 Å². The Bertz CT molecular complexity index is 264. The largest absolute Gasteiger partial charge is 0.393 e. The lowest BCUT2D eigenvalue weighted by molar-refractivity contribution is 0.195. The van der Waals surface area contributed by atoms with E-state index in [0.29, 0.717) is 0 Å². The molecule has 1 aromatic carbocycles. The monoisotopic (exact) mass is 164 g/mol. The maximum Gasteiger partial charge on any atom is 0.0552 e. The van der Waals surface area contributed by atoms with Gasteiger partial charge in [-0.15, -0.1) is 0 Å². The Kier molecular flexibility index (Phi) is 2.88. The Balaban J connectivity index is 2.92. The molecule has 1 nitrogen and oxygen atoms in total. The Hall–Kier alpha value is -0.820. The third-order valence-corrected chi connectivity index (χ3v) is 2.23. The van der Waals surface area contributed by atoms with Crippen LogP contribution in [-0.2, 0) is 6.42 Å². The lowest BCUT2D eigenvalue weighted by Gasteiger charge is -2.09. The SMILES string of the molecule is Cc1cccc(C[C@H](C)O)c1C. The molecule has 0 aliphatic heterocycles. The molecule has 66 valence electrons. The van der Waals surface area contributed by atoms with Crippen molar-refractivity contribution in [1.82, 2.24) is 0 Å². The number of hydrogen-bond acceptors (Lipinski definition) is 1. The molecular formula is C11H16O. The quantitative estimate of drug-likeness (QED) is 0.710. The van der Waals surface area contributed by atoms with Gasteiger partial charge in [-0.25, -0.2) is 0 Å². The predicted octanol–water partition coefficient (Wildman–Crippen LogP) is 2.23. The summed E-state index contributed by atoms with van der Waals surface area (Å²) in [6.07, 6.45) is 0.513. The number of rotatable bonds is 2. The van der Waals surface area contributed by atoms with Gasteiger partial charge >= 0.3 is 0 Å². The van der Waals surface area contributed by atoms with Crippen LogP contribution in [0.25, 0.3) is 0 Å². The summed E-state index contributed by atoms with van der Waals surface area (Å²) in [4.78, 5) is 0. The van der Waals surface area contributed by atoms with Crippen molar-refractivity contribution in [2.75, 3.05) is 0 Å². The molecule has 0 saturated carbocycles. The van der Waals surface area contributed by atoms with Crippen LogP contribution in [0.5, 0.6) is 0 Å². The summed E-state index contributed by atoms with van der Waals surface area (Å²) in [7, 11) is 0. The highest BCUT2D eigenvalue weighted by atomic mass is 16.3. The molecule has 0 aliphatic rings.